The van der Waals surface area contributed by atoms with Gasteiger partial charge in [0.1, 0.15) is 11.4 Å². The van der Waals surface area contributed by atoms with Crippen LogP contribution in [-0.2, 0) is 16.9 Å². The molecule has 0 bridgehead atoms. The maximum atomic E-state index is 13.9. The summed E-state index contributed by atoms with van der Waals surface area (Å²) in [5.41, 5.74) is 5.75. The Morgan fingerprint density at radius 3 is 2.86 bits per heavy atom. The molecule has 1 aliphatic rings. The Balaban J connectivity index is 1.99. The number of carbonyl (C=O) groups is 1. The van der Waals surface area contributed by atoms with Crippen LogP contribution in [-0.4, -0.2) is 27.3 Å². The Morgan fingerprint density at radius 1 is 1.36 bits per heavy atom. The van der Waals surface area contributed by atoms with Crippen molar-refractivity contribution in [3.8, 4) is 0 Å². The molecule has 0 radical (unpaired) electrons. The largest absolute Gasteiger partial charge is 0.368 e. The maximum absolute atomic E-state index is 13.9. The number of halogens is 1. The zero-order chi connectivity index (χ0) is 15.6. The number of likely N-dealkylation sites (tertiary alicyclic amines) is 1. The van der Waals surface area contributed by atoms with E-state index in [9.17, 15) is 9.18 Å². The topological polar surface area (TPSA) is 72.1 Å². The van der Waals surface area contributed by atoms with Gasteiger partial charge in [-0.2, -0.15) is 0 Å². The molecule has 2 N–H and O–H groups in total. The number of carbonyl (C=O) groups excluding carboxylic acids is 1. The van der Waals surface area contributed by atoms with E-state index >= 15 is 0 Å². The molecule has 1 aromatic heterocycles. The molecule has 0 saturated carbocycles. The number of nitrogens with two attached hydrogens (primary N) is 1. The molecular weight excluding hydrogens is 283 g/mol. The molecule has 1 atom stereocenters. The van der Waals surface area contributed by atoms with E-state index in [0.717, 1.165) is 6.42 Å². The molecule has 1 aliphatic heterocycles. The SMILES string of the molecule is NC(=O)C1(c2cnccn2)CCCN1Cc1ccccc1F. The fourth-order valence-corrected chi connectivity index (χ4v) is 3.13. The van der Waals surface area contributed by atoms with E-state index in [4.69, 9.17) is 5.73 Å². The van der Waals surface area contributed by atoms with Gasteiger partial charge >= 0.3 is 0 Å². The molecule has 0 spiro atoms. The average Bonchev–Trinajstić information content (AvgIpc) is 2.95. The first-order chi connectivity index (χ1) is 10.6. The van der Waals surface area contributed by atoms with Gasteiger partial charge in [0.05, 0.1) is 11.9 Å². The van der Waals surface area contributed by atoms with Gasteiger partial charge in [0, 0.05) is 24.5 Å². The zero-order valence-corrected chi connectivity index (χ0v) is 12.1. The van der Waals surface area contributed by atoms with Crippen molar-refractivity contribution in [3.63, 3.8) is 0 Å². The third-order valence-corrected chi connectivity index (χ3v) is 4.22. The second-order valence-electron chi connectivity index (χ2n) is 5.43. The molecule has 1 fully saturated rings. The summed E-state index contributed by atoms with van der Waals surface area (Å²) in [7, 11) is 0. The smallest absolute Gasteiger partial charge is 0.244 e. The van der Waals surface area contributed by atoms with Crippen LogP contribution in [0.25, 0.3) is 0 Å². The predicted octanol–water partition coefficient (Wildman–Crippen LogP) is 1.59. The highest BCUT2D eigenvalue weighted by Gasteiger charge is 2.49. The van der Waals surface area contributed by atoms with Crippen LogP contribution in [0.1, 0.15) is 24.1 Å². The number of nitrogens with zero attached hydrogens (tertiary/aromatic N) is 3. The van der Waals surface area contributed by atoms with Crippen LogP contribution in [0.15, 0.2) is 42.9 Å². The van der Waals surface area contributed by atoms with Crippen molar-refractivity contribution in [2.45, 2.75) is 24.9 Å². The van der Waals surface area contributed by atoms with Gasteiger partial charge in [-0.25, -0.2) is 4.39 Å². The lowest BCUT2D eigenvalue weighted by Crippen LogP contribution is -2.51. The third-order valence-electron chi connectivity index (χ3n) is 4.22. The first-order valence-corrected chi connectivity index (χ1v) is 7.19. The summed E-state index contributed by atoms with van der Waals surface area (Å²) >= 11 is 0. The quantitative estimate of drug-likeness (QED) is 0.930. The summed E-state index contributed by atoms with van der Waals surface area (Å²) in [4.78, 5) is 22.4. The minimum absolute atomic E-state index is 0.285. The van der Waals surface area contributed by atoms with Gasteiger partial charge in [-0.1, -0.05) is 18.2 Å². The van der Waals surface area contributed by atoms with Crippen LogP contribution in [0.4, 0.5) is 4.39 Å². The number of primary amides is 1. The van der Waals surface area contributed by atoms with E-state index in [1.165, 1.54) is 6.07 Å². The summed E-state index contributed by atoms with van der Waals surface area (Å²) in [5, 5.41) is 0. The zero-order valence-electron chi connectivity index (χ0n) is 12.1. The fourth-order valence-electron chi connectivity index (χ4n) is 3.13. The first kappa shape index (κ1) is 14.6. The lowest BCUT2D eigenvalue weighted by Gasteiger charge is -2.35. The summed E-state index contributed by atoms with van der Waals surface area (Å²) in [6.45, 7) is 0.972. The monoisotopic (exact) mass is 300 g/mol. The van der Waals surface area contributed by atoms with Crippen molar-refractivity contribution in [2.75, 3.05) is 6.54 Å². The molecule has 114 valence electrons. The highest BCUT2D eigenvalue weighted by atomic mass is 19.1. The molecule has 1 aromatic carbocycles. The molecule has 22 heavy (non-hydrogen) atoms. The number of hydrogen-bond donors (Lipinski definition) is 1. The molecule has 1 amide bonds. The van der Waals surface area contributed by atoms with Gasteiger partial charge in [-0.05, 0) is 25.5 Å². The van der Waals surface area contributed by atoms with Crippen molar-refractivity contribution >= 4 is 5.91 Å². The third kappa shape index (κ3) is 2.35. The van der Waals surface area contributed by atoms with Crippen LogP contribution in [0.2, 0.25) is 0 Å². The van der Waals surface area contributed by atoms with E-state index in [-0.39, 0.29) is 5.82 Å². The van der Waals surface area contributed by atoms with E-state index < -0.39 is 11.4 Å². The molecule has 3 rings (SSSR count). The van der Waals surface area contributed by atoms with Crippen molar-refractivity contribution in [1.29, 1.82) is 0 Å². The van der Waals surface area contributed by atoms with Crippen molar-refractivity contribution < 1.29 is 9.18 Å². The first-order valence-electron chi connectivity index (χ1n) is 7.19. The van der Waals surface area contributed by atoms with Crippen molar-refractivity contribution in [2.24, 2.45) is 5.73 Å². The molecule has 1 unspecified atom stereocenters. The van der Waals surface area contributed by atoms with Crippen LogP contribution in [0.5, 0.6) is 0 Å². The number of amides is 1. The predicted molar refractivity (Wildman–Crippen MR) is 78.9 cm³/mol. The van der Waals surface area contributed by atoms with Crippen LogP contribution < -0.4 is 5.73 Å². The molecule has 0 aliphatic carbocycles. The molecule has 5 nitrogen and oxygen atoms in total. The Bertz CT molecular complexity index is 679. The highest BCUT2D eigenvalue weighted by molar-refractivity contribution is 5.86. The molecule has 1 saturated heterocycles. The van der Waals surface area contributed by atoms with Crippen molar-refractivity contribution in [3.05, 3.63) is 59.9 Å². The Kier molecular flexibility index (Phi) is 3.85. The van der Waals surface area contributed by atoms with E-state index in [0.29, 0.717) is 30.8 Å². The lowest BCUT2D eigenvalue weighted by atomic mass is 9.91. The maximum Gasteiger partial charge on any atom is 0.244 e. The van der Waals surface area contributed by atoms with E-state index in [1.54, 1.807) is 36.8 Å². The van der Waals surface area contributed by atoms with Gasteiger partial charge in [-0.3, -0.25) is 19.7 Å². The van der Waals surface area contributed by atoms with Gasteiger partial charge in [-0.15, -0.1) is 0 Å². The molecule has 6 heteroatoms. The summed E-state index contributed by atoms with van der Waals surface area (Å²) in [6, 6.07) is 6.56. The van der Waals surface area contributed by atoms with E-state index in [1.807, 2.05) is 4.90 Å². The van der Waals surface area contributed by atoms with Crippen LogP contribution in [0, 0.1) is 5.82 Å². The standard InChI is InChI=1S/C16H17FN4O/c17-13-5-2-1-4-12(13)11-21-9-3-6-16(21,15(18)22)14-10-19-7-8-20-14/h1-2,4-5,7-8,10H,3,6,9,11H2,(H2,18,22). The summed E-state index contributed by atoms with van der Waals surface area (Å²) in [6.07, 6.45) is 6.02. The Morgan fingerprint density at radius 2 is 2.18 bits per heavy atom. The van der Waals surface area contributed by atoms with Gasteiger partial charge in [0.25, 0.3) is 0 Å². The Labute approximate surface area is 128 Å². The average molecular weight is 300 g/mol. The van der Waals surface area contributed by atoms with Crippen molar-refractivity contribution in [1.82, 2.24) is 14.9 Å². The number of aromatic nitrogens is 2. The summed E-state index contributed by atoms with van der Waals surface area (Å²) < 4.78 is 13.9. The molecule has 2 heterocycles. The second-order valence-corrected chi connectivity index (χ2v) is 5.43. The van der Waals surface area contributed by atoms with Gasteiger partial charge in [0.15, 0.2) is 0 Å². The summed E-state index contributed by atoms with van der Waals surface area (Å²) in [5.74, 6) is -0.756. The number of rotatable bonds is 4. The normalized spacial score (nSPS) is 21.9. The lowest BCUT2D eigenvalue weighted by molar-refractivity contribution is -0.129. The van der Waals surface area contributed by atoms with E-state index in [2.05, 4.69) is 9.97 Å². The van der Waals surface area contributed by atoms with Gasteiger partial charge < -0.3 is 5.73 Å². The van der Waals surface area contributed by atoms with Crippen LogP contribution in [0.3, 0.4) is 0 Å². The van der Waals surface area contributed by atoms with Gasteiger partial charge in [0.2, 0.25) is 5.91 Å². The molecule has 2 aromatic rings. The Hall–Kier alpha value is -2.34. The molecular formula is C16H17FN4O. The minimum Gasteiger partial charge on any atom is -0.368 e. The number of benzene rings is 1. The second kappa shape index (κ2) is 5.81. The number of hydrogen-bond acceptors (Lipinski definition) is 4. The minimum atomic E-state index is -1.02. The van der Waals surface area contributed by atoms with Crippen LogP contribution >= 0.6 is 0 Å². The highest BCUT2D eigenvalue weighted by Crippen LogP contribution is 2.38. The fraction of sp³-hybridized carbons (Fsp3) is 0.312.